The van der Waals surface area contributed by atoms with E-state index in [9.17, 15) is 4.79 Å². The van der Waals surface area contributed by atoms with Gasteiger partial charge >= 0.3 is 0 Å². The smallest absolute Gasteiger partial charge is 0.229 e. The number of halogens is 2. The van der Waals surface area contributed by atoms with Gasteiger partial charge in [0.25, 0.3) is 0 Å². The van der Waals surface area contributed by atoms with Gasteiger partial charge in [-0.25, -0.2) is 23.7 Å². The molecule has 4 N–H and O–H groups in total. The highest BCUT2D eigenvalue weighted by molar-refractivity contribution is 5.98. The third kappa shape index (κ3) is 6.96. The van der Waals surface area contributed by atoms with Crippen molar-refractivity contribution in [1.29, 1.82) is 0 Å². The predicted octanol–water partition coefficient (Wildman–Crippen LogP) is 6.22. The monoisotopic (exact) mass is 640 g/mol. The number of hydrogen-bond donors (Lipinski definition) is 3. The molecule has 246 valence electrons. The largest absolute Gasteiger partial charge is 0.369 e. The highest BCUT2D eigenvalue weighted by Crippen LogP contribution is 2.48. The van der Waals surface area contributed by atoms with Gasteiger partial charge in [-0.05, 0) is 88.1 Å². The number of aliphatic imine (C=N–C) groups is 1. The van der Waals surface area contributed by atoms with Crippen LogP contribution in [0.1, 0.15) is 62.4 Å². The Morgan fingerprint density at radius 3 is 2.60 bits per heavy atom. The van der Waals surface area contributed by atoms with E-state index in [1.165, 1.54) is 18.2 Å². The van der Waals surface area contributed by atoms with Gasteiger partial charge in [-0.15, -0.1) is 0 Å². The Hall–Kier alpha value is -4.48. The maximum Gasteiger partial charge on any atom is 0.229 e. The Morgan fingerprint density at radius 1 is 1.13 bits per heavy atom. The quantitative estimate of drug-likeness (QED) is 0.217. The Labute approximate surface area is 274 Å². The maximum absolute atomic E-state index is 15.2. The second kappa shape index (κ2) is 13.0. The molecule has 3 atom stereocenters. The van der Waals surface area contributed by atoms with Crippen LogP contribution in [0.25, 0.3) is 5.57 Å². The summed E-state index contributed by atoms with van der Waals surface area (Å²) in [5.41, 5.74) is 10.4. The maximum atomic E-state index is 15.2. The SMILES string of the molecule is CN(C)C1CCC(C(=O)NC(N)=Nc2cccc(Nc3ncc4c(n3)C3=CCC(C)(C)C=C3C(c3c(F)cccc3F)N(C)C4)c2)C1. The molecule has 2 aromatic carbocycles. The van der Waals surface area contributed by atoms with E-state index in [1.807, 2.05) is 38.2 Å². The molecule has 0 saturated heterocycles. The molecule has 0 bridgehead atoms. The molecule has 2 aliphatic carbocycles. The Bertz CT molecular complexity index is 1760. The predicted molar refractivity (Wildman–Crippen MR) is 181 cm³/mol. The molecular weight excluding hydrogens is 598 g/mol. The van der Waals surface area contributed by atoms with E-state index in [1.54, 1.807) is 18.3 Å². The lowest BCUT2D eigenvalue weighted by molar-refractivity contribution is -0.123. The number of nitrogens with two attached hydrogens (primary N) is 1. The molecule has 1 amide bonds. The van der Waals surface area contributed by atoms with Crippen LogP contribution in [0, 0.1) is 23.0 Å². The van der Waals surface area contributed by atoms with Crippen molar-refractivity contribution in [1.82, 2.24) is 25.1 Å². The molecular formula is C36H42F2N8O. The summed E-state index contributed by atoms with van der Waals surface area (Å²) in [5, 5.41) is 6.03. The van der Waals surface area contributed by atoms with E-state index in [0.717, 1.165) is 48.1 Å². The number of allylic oxidation sites excluding steroid dienone is 2. The zero-order valence-corrected chi connectivity index (χ0v) is 27.5. The first-order valence-corrected chi connectivity index (χ1v) is 16.0. The van der Waals surface area contributed by atoms with Crippen molar-refractivity contribution in [3.05, 3.63) is 94.8 Å². The molecule has 3 unspecified atom stereocenters. The fourth-order valence-corrected chi connectivity index (χ4v) is 6.90. The Morgan fingerprint density at radius 2 is 1.87 bits per heavy atom. The number of anilines is 2. The van der Waals surface area contributed by atoms with Gasteiger partial charge in [0.05, 0.1) is 17.4 Å². The van der Waals surface area contributed by atoms with Crippen molar-refractivity contribution in [3.63, 3.8) is 0 Å². The summed E-state index contributed by atoms with van der Waals surface area (Å²) < 4.78 is 30.4. The molecule has 0 radical (unpaired) electrons. The van der Waals surface area contributed by atoms with Crippen molar-refractivity contribution < 1.29 is 13.6 Å². The molecule has 1 saturated carbocycles. The lowest BCUT2D eigenvalue weighted by atomic mass is 9.76. The van der Waals surface area contributed by atoms with E-state index in [-0.39, 0.29) is 28.8 Å². The summed E-state index contributed by atoms with van der Waals surface area (Å²) in [6.07, 6.45) is 9.36. The number of aromatic nitrogens is 2. The summed E-state index contributed by atoms with van der Waals surface area (Å²) in [6, 6.07) is 11.0. The van der Waals surface area contributed by atoms with Gasteiger partial charge in [0.2, 0.25) is 17.8 Å². The van der Waals surface area contributed by atoms with Crippen LogP contribution >= 0.6 is 0 Å². The average molecular weight is 641 g/mol. The molecule has 1 aromatic heterocycles. The standard InChI is InChI=1S/C36H42F2N8O/c1-36(2)15-14-26-27(18-36)32(30-28(37)10-7-11-29(30)38)46(5)20-22-19-40-35(43-31(22)26)42-24-9-6-8-23(17-24)41-34(39)44-33(47)21-12-13-25(16-21)45(3)4/h6-11,14,17-19,21,25,32H,12-13,15-16,20H2,1-5H3,(H,40,42,43)(H3,39,41,44,47). The number of amides is 1. The van der Waals surface area contributed by atoms with Gasteiger partial charge < -0.3 is 16.0 Å². The fraction of sp³-hybridized carbons (Fsp3) is 0.389. The molecule has 11 heteroatoms. The number of benzene rings is 2. The van der Waals surface area contributed by atoms with E-state index in [4.69, 9.17) is 10.7 Å². The van der Waals surface area contributed by atoms with E-state index < -0.39 is 17.7 Å². The first-order valence-electron chi connectivity index (χ1n) is 16.0. The lowest BCUT2D eigenvalue weighted by Gasteiger charge is -2.34. The summed E-state index contributed by atoms with van der Waals surface area (Å²) in [5.74, 6) is -0.948. The number of likely N-dealkylation sites (N-methyl/N-ethyl adjacent to an activating group) is 1. The number of carbonyl (C=O) groups is 1. The number of nitrogens with one attached hydrogen (secondary N) is 2. The molecule has 3 aromatic rings. The van der Waals surface area contributed by atoms with Crippen LogP contribution in [0.4, 0.5) is 26.1 Å². The summed E-state index contributed by atoms with van der Waals surface area (Å²) in [6.45, 7) is 4.63. The van der Waals surface area contributed by atoms with Gasteiger partial charge in [-0.2, -0.15) is 0 Å². The van der Waals surface area contributed by atoms with Crippen molar-refractivity contribution in [2.75, 3.05) is 26.5 Å². The van der Waals surface area contributed by atoms with Crippen molar-refractivity contribution in [2.24, 2.45) is 22.1 Å². The summed E-state index contributed by atoms with van der Waals surface area (Å²) >= 11 is 0. The van der Waals surface area contributed by atoms with E-state index in [2.05, 4.69) is 51.5 Å². The minimum absolute atomic E-state index is 0.0257. The number of rotatable bonds is 6. The highest BCUT2D eigenvalue weighted by Gasteiger charge is 2.37. The summed E-state index contributed by atoms with van der Waals surface area (Å²) in [4.78, 5) is 30.8. The number of hydrogen-bond acceptors (Lipinski definition) is 7. The van der Waals surface area contributed by atoms with Crippen LogP contribution in [-0.4, -0.2) is 58.8 Å². The molecule has 6 rings (SSSR count). The lowest BCUT2D eigenvalue weighted by Crippen LogP contribution is -2.40. The third-order valence-electron chi connectivity index (χ3n) is 9.35. The van der Waals surface area contributed by atoms with Crippen molar-refractivity contribution in [2.45, 2.75) is 58.2 Å². The molecule has 2 heterocycles. The van der Waals surface area contributed by atoms with Crippen molar-refractivity contribution in [3.8, 4) is 0 Å². The average Bonchev–Trinajstić information content (AvgIpc) is 3.47. The Balaban J connectivity index is 1.24. The zero-order valence-electron chi connectivity index (χ0n) is 27.5. The van der Waals surface area contributed by atoms with Crippen LogP contribution < -0.4 is 16.4 Å². The van der Waals surface area contributed by atoms with Gasteiger partial charge in [0, 0.05) is 47.1 Å². The van der Waals surface area contributed by atoms with Gasteiger partial charge in [-0.1, -0.05) is 38.1 Å². The summed E-state index contributed by atoms with van der Waals surface area (Å²) in [7, 11) is 5.93. The molecule has 9 nitrogen and oxygen atoms in total. The second-order valence-corrected chi connectivity index (χ2v) is 13.7. The van der Waals surface area contributed by atoms with Crippen LogP contribution in [0.2, 0.25) is 0 Å². The first kappa shape index (κ1) is 32.5. The number of nitrogens with zero attached hydrogens (tertiary/aromatic N) is 5. The first-order chi connectivity index (χ1) is 22.4. The van der Waals surface area contributed by atoms with Crippen LogP contribution in [0.5, 0.6) is 0 Å². The molecule has 47 heavy (non-hydrogen) atoms. The minimum Gasteiger partial charge on any atom is -0.369 e. The Kier molecular flexibility index (Phi) is 8.95. The number of carbonyl (C=O) groups excluding carboxylic acids is 1. The van der Waals surface area contributed by atoms with E-state index in [0.29, 0.717) is 29.9 Å². The zero-order chi connectivity index (χ0) is 33.5. The normalized spacial score (nSPS) is 22.6. The van der Waals surface area contributed by atoms with E-state index >= 15 is 8.78 Å². The van der Waals surface area contributed by atoms with Crippen LogP contribution in [0.3, 0.4) is 0 Å². The van der Waals surface area contributed by atoms with Gasteiger partial charge in [0.15, 0.2) is 0 Å². The molecule has 1 fully saturated rings. The number of guanidine groups is 1. The third-order valence-corrected chi connectivity index (χ3v) is 9.35. The highest BCUT2D eigenvalue weighted by atomic mass is 19.1. The second-order valence-electron chi connectivity index (χ2n) is 13.7. The fourth-order valence-electron chi connectivity index (χ4n) is 6.90. The van der Waals surface area contributed by atoms with Crippen LogP contribution in [0.15, 0.2) is 71.4 Å². The van der Waals surface area contributed by atoms with Crippen molar-refractivity contribution >= 4 is 34.8 Å². The topological polar surface area (TPSA) is 112 Å². The van der Waals surface area contributed by atoms with Gasteiger partial charge in [-0.3, -0.25) is 15.0 Å². The molecule has 0 spiro atoms. The van der Waals surface area contributed by atoms with Crippen LogP contribution in [-0.2, 0) is 11.3 Å². The van der Waals surface area contributed by atoms with Gasteiger partial charge in [0.1, 0.15) is 11.6 Å². The minimum atomic E-state index is -0.642. The molecule has 1 aliphatic heterocycles. The molecule has 3 aliphatic rings. The number of fused-ring (bicyclic) bond motifs is 3.